The Balaban J connectivity index is 2.14. The van der Waals surface area contributed by atoms with E-state index in [1.165, 1.54) is 4.90 Å². The topological polar surface area (TPSA) is 24.8 Å². The van der Waals surface area contributed by atoms with Crippen LogP contribution in [0.3, 0.4) is 0 Å². The van der Waals surface area contributed by atoms with Crippen LogP contribution in [0, 0.1) is 0 Å². The zero-order valence-electron chi connectivity index (χ0n) is 12.0. The van der Waals surface area contributed by atoms with Gasteiger partial charge in [0.2, 0.25) is 0 Å². The van der Waals surface area contributed by atoms with Gasteiger partial charge in [-0.25, -0.2) is 0 Å². The van der Waals surface area contributed by atoms with Crippen LogP contribution < -0.4 is 4.90 Å². The molecule has 1 amide bonds. The first-order chi connectivity index (χ1) is 9.08. The summed E-state index contributed by atoms with van der Waals surface area (Å²) in [5.41, 5.74) is 0.862. The molecule has 1 aliphatic rings. The monoisotopic (exact) mass is 279 g/mol. The van der Waals surface area contributed by atoms with Crippen LogP contribution in [-0.4, -0.2) is 49.3 Å². The van der Waals surface area contributed by atoms with Crippen LogP contribution in [-0.2, 0) is 0 Å². The molecule has 2 rings (SSSR count). The predicted octanol–water partition coefficient (Wildman–Crippen LogP) is 1.16. The standard InChI is InChI=1S/C15H22N2OS/c1-12(2)19-14-7-5-4-6-13(14)15(18)17-10-8-16(3)9-11-17/h4-7,12H,8-11H2,1-3H3/p+1. The summed E-state index contributed by atoms with van der Waals surface area (Å²) in [7, 11) is 2.18. The molecule has 3 nitrogen and oxygen atoms in total. The molecule has 0 saturated carbocycles. The lowest BCUT2D eigenvalue weighted by molar-refractivity contribution is -0.883. The van der Waals surface area contributed by atoms with E-state index in [-0.39, 0.29) is 5.91 Å². The Labute approximate surface area is 120 Å². The van der Waals surface area contributed by atoms with Crippen LogP contribution in [0.2, 0.25) is 0 Å². The molecule has 1 aromatic rings. The van der Waals surface area contributed by atoms with E-state index in [1.807, 2.05) is 23.1 Å². The van der Waals surface area contributed by atoms with E-state index >= 15 is 0 Å². The van der Waals surface area contributed by atoms with Crippen molar-refractivity contribution in [1.82, 2.24) is 4.90 Å². The molecule has 0 atom stereocenters. The Morgan fingerprint density at radius 3 is 2.53 bits per heavy atom. The smallest absolute Gasteiger partial charge is 0.255 e. The third-order valence-electron chi connectivity index (χ3n) is 3.38. The molecule has 1 N–H and O–H groups in total. The molecule has 4 heteroatoms. The van der Waals surface area contributed by atoms with E-state index in [9.17, 15) is 4.79 Å². The van der Waals surface area contributed by atoms with Crippen molar-refractivity contribution in [2.75, 3.05) is 33.2 Å². The van der Waals surface area contributed by atoms with Crippen molar-refractivity contribution in [3.63, 3.8) is 0 Å². The number of carbonyl (C=O) groups is 1. The maximum absolute atomic E-state index is 12.6. The number of quaternary nitrogens is 1. The van der Waals surface area contributed by atoms with Crippen LogP contribution in [0.5, 0.6) is 0 Å². The number of nitrogens with zero attached hydrogens (tertiary/aromatic N) is 1. The lowest BCUT2D eigenvalue weighted by atomic mass is 10.2. The summed E-state index contributed by atoms with van der Waals surface area (Å²) >= 11 is 1.77. The molecule has 1 aliphatic heterocycles. The average molecular weight is 279 g/mol. The average Bonchev–Trinajstić information content (AvgIpc) is 2.39. The summed E-state index contributed by atoms with van der Waals surface area (Å²) in [6, 6.07) is 7.98. The lowest BCUT2D eigenvalue weighted by Gasteiger charge is -2.30. The first-order valence-corrected chi connectivity index (χ1v) is 7.82. The van der Waals surface area contributed by atoms with Crippen molar-refractivity contribution >= 4 is 17.7 Å². The Hall–Kier alpha value is -1.00. The molecule has 1 aromatic carbocycles. The number of rotatable bonds is 3. The Bertz CT molecular complexity index is 440. The number of hydrogen-bond acceptors (Lipinski definition) is 2. The van der Waals surface area contributed by atoms with Crippen molar-refractivity contribution in [2.24, 2.45) is 0 Å². The molecule has 0 bridgehead atoms. The van der Waals surface area contributed by atoms with Crippen molar-refractivity contribution in [2.45, 2.75) is 24.0 Å². The second-order valence-electron chi connectivity index (χ2n) is 5.41. The van der Waals surface area contributed by atoms with Gasteiger partial charge in [0, 0.05) is 10.1 Å². The van der Waals surface area contributed by atoms with E-state index in [0.29, 0.717) is 5.25 Å². The second kappa shape index (κ2) is 6.44. The summed E-state index contributed by atoms with van der Waals surface area (Å²) < 4.78 is 0. The number of benzene rings is 1. The third-order valence-corrected chi connectivity index (χ3v) is 4.47. The molecule has 104 valence electrons. The quantitative estimate of drug-likeness (QED) is 0.840. The summed E-state index contributed by atoms with van der Waals surface area (Å²) in [6.45, 7) is 8.14. The molecule has 1 heterocycles. The van der Waals surface area contributed by atoms with E-state index in [2.05, 4.69) is 27.0 Å². The lowest BCUT2D eigenvalue weighted by Crippen LogP contribution is -3.12. The second-order valence-corrected chi connectivity index (χ2v) is 7.03. The van der Waals surface area contributed by atoms with Gasteiger partial charge in [-0.05, 0) is 12.1 Å². The summed E-state index contributed by atoms with van der Waals surface area (Å²) in [5, 5.41) is 0.492. The minimum Gasteiger partial charge on any atom is -0.334 e. The van der Waals surface area contributed by atoms with E-state index in [1.54, 1.807) is 11.8 Å². The number of carbonyl (C=O) groups excluding carboxylic acids is 1. The molecule has 19 heavy (non-hydrogen) atoms. The Morgan fingerprint density at radius 2 is 1.89 bits per heavy atom. The molecule has 1 fully saturated rings. The molecule has 0 aliphatic carbocycles. The Kier molecular flexibility index (Phi) is 4.88. The van der Waals surface area contributed by atoms with Gasteiger partial charge in [0.15, 0.2) is 0 Å². The number of amides is 1. The first-order valence-electron chi connectivity index (χ1n) is 6.94. The van der Waals surface area contributed by atoms with Gasteiger partial charge in [0.05, 0.1) is 38.8 Å². The van der Waals surface area contributed by atoms with Gasteiger partial charge in [-0.1, -0.05) is 26.0 Å². The molecular weight excluding hydrogens is 256 g/mol. The predicted molar refractivity (Wildman–Crippen MR) is 80.0 cm³/mol. The van der Waals surface area contributed by atoms with Crippen LogP contribution in [0.1, 0.15) is 24.2 Å². The minimum absolute atomic E-state index is 0.191. The van der Waals surface area contributed by atoms with Crippen molar-refractivity contribution < 1.29 is 9.69 Å². The van der Waals surface area contributed by atoms with Crippen LogP contribution in [0.25, 0.3) is 0 Å². The number of likely N-dealkylation sites (N-methyl/N-ethyl adjacent to an activating group) is 1. The van der Waals surface area contributed by atoms with E-state index < -0.39 is 0 Å². The van der Waals surface area contributed by atoms with Crippen LogP contribution >= 0.6 is 11.8 Å². The fourth-order valence-corrected chi connectivity index (χ4v) is 3.21. The number of nitrogens with one attached hydrogen (secondary N) is 1. The highest BCUT2D eigenvalue weighted by Gasteiger charge is 2.24. The van der Waals surface area contributed by atoms with Gasteiger partial charge in [-0.3, -0.25) is 4.79 Å². The maximum Gasteiger partial charge on any atom is 0.255 e. The zero-order chi connectivity index (χ0) is 13.8. The fourth-order valence-electron chi connectivity index (χ4n) is 2.26. The zero-order valence-corrected chi connectivity index (χ0v) is 12.8. The summed E-state index contributed by atoms with van der Waals surface area (Å²) in [4.78, 5) is 17.2. The molecular formula is C15H23N2OS+. The fraction of sp³-hybridized carbons (Fsp3) is 0.533. The van der Waals surface area contributed by atoms with Crippen molar-refractivity contribution in [3.05, 3.63) is 29.8 Å². The normalized spacial score (nSPS) is 16.9. The van der Waals surface area contributed by atoms with Gasteiger partial charge in [-0.2, -0.15) is 0 Å². The highest BCUT2D eigenvalue weighted by atomic mass is 32.2. The number of hydrogen-bond donors (Lipinski definition) is 1. The van der Waals surface area contributed by atoms with Crippen LogP contribution in [0.4, 0.5) is 0 Å². The van der Waals surface area contributed by atoms with E-state index in [4.69, 9.17) is 0 Å². The molecule has 0 unspecified atom stereocenters. The van der Waals surface area contributed by atoms with Crippen LogP contribution in [0.15, 0.2) is 29.2 Å². The third kappa shape index (κ3) is 3.74. The minimum atomic E-state index is 0.191. The van der Waals surface area contributed by atoms with Gasteiger partial charge >= 0.3 is 0 Å². The molecule has 0 spiro atoms. The highest BCUT2D eigenvalue weighted by Crippen LogP contribution is 2.27. The molecule has 1 saturated heterocycles. The molecule has 0 aromatic heterocycles. The summed E-state index contributed by atoms with van der Waals surface area (Å²) in [5.74, 6) is 0.191. The van der Waals surface area contributed by atoms with Crippen molar-refractivity contribution in [3.8, 4) is 0 Å². The number of piperazine rings is 1. The molecule has 0 radical (unpaired) electrons. The van der Waals surface area contributed by atoms with Gasteiger partial charge in [0.1, 0.15) is 0 Å². The maximum atomic E-state index is 12.6. The highest BCUT2D eigenvalue weighted by molar-refractivity contribution is 8.00. The SMILES string of the molecule is CC(C)Sc1ccccc1C(=O)N1CC[NH+](C)CC1. The van der Waals surface area contributed by atoms with Gasteiger partial charge < -0.3 is 9.80 Å². The van der Waals surface area contributed by atoms with E-state index in [0.717, 1.165) is 36.6 Å². The first kappa shape index (κ1) is 14.4. The number of thioether (sulfide) groups is 1. The summed E-state index contributed by atoms with van der Waals surface area (Å²) in [6.07, 6.45) is 0. The largest absolute Gasteiger partial charge is 0.334 e. The van der Waals surface area contributed by atoms with Crippen molar-refractivity contribution in [1.29, 1.82) is 0 Å². The van der Waals surface area contributed by atoms with Gasteiger partial charge in [0.25, 0.3) is 5.91 Å². The van der Waals surface area contributed by atoms with Gasteiger partial charge in [-0.15, -0.1) is 11.8 Å². The Morgan fingerprint density at radius 1 is 1.26 bits per heavy atom.